The third kappa shape index (κ3) is 3.03. The van der Waals surface area contributed by atoms with Gasteiger partial charge < -0.3 is 9.84 Å². The van der Waals surface area contributed by atoms with E-state index in [9.17, 15) is 8.42 Å². The Kier molecular flexibility index (Phi) is 3.02. The zero-order chi connectivity index (χ0) is 9.19. The lowest BCUT2D eigenvalue weighted by molar-refractivity contribution is -0.0745. The highest BCUT2D eigenvalue weighted by atomic mass is 32.3. The molecular weight excluding hydrogens is 188 g/mol. The van der Waals surface area contributed by atoms with Crippen LogP contribution in [0.3, 0.4) is 0 Å². The fraction of sp³-hybridized carbons (Fsp3) is 1.00. The van der Waals surface area contributed by atoms with Gasteiger partial charge in [0.1, 0.15) is 6.10 Å². The van der Waals surface area contributed by atoms with Crippen LogP contribution in [0.2, 0.25) is 0 Å². The van der Waals surface area contributed by atoms with Crippen LogP contribution in [0.4, 0.5) is 0 Å². The molecule has 6 nitrogen and oxygen atoms in total. The van der Waals surface area contributed by atoms with E-state index in [0.29, 0.717) is 13.0 Å². The maximum atomic E-state index is 10.2. The van der Waals surface area contributed by atoms with Crippen molar-refractivity contribution in [1.29, 1.82) is 0 Å². The van der Waals surface area contributed by atoms with Gasteiger partial charge >= 0.3 is 10.4 Å². The first kappa shape index (κ1) is 9.87. The quantitative estimate of drug-likeness (QED) is 0.550. The third-order valence-corrected chi connectivity index (χ3v) is 2.00. The molecule has 0 aromatic heterocycles. The van der Waals surface area contributed by atoms with Crippen molar-refractivity contribution >= 4 is 10.4 Å². The van der Waals surface area contributed by atoms with Crippen molar-refractivity contribution in [1.82, 2.24) is 0 Å². The number of hydrogen-bond acceptors (Lipinski definition) is 5. The van der Waals surface area contributed by atoms with Crippen molar-refractivity contribution in [2.45, 2.75) is 18.6 Å². The molecule has 0 saturated carbocycles. The van der Waals surface area contributed by atoms with E-state index in [1.165, 1.54) is 0 Å². The molecule has 0 radical (unpaired) electrons. The molecule has 1 aliphatic heterocycles. The highest BCUT2D eigenvalue weighted by molar-refractivity contribution is 7.80. The molecule has 1 rings (SSSR count). The summed E-state index contributed by atoms with van der Waals surface area (Å²) in [5.74, 6) is 0. The normalized spacial score (nSPS) is 31.8. The molecule has 2 unspecified atom stereocenters. The molecule has 2 atom stereocenters. The van der Waals surface area contributed by atoms with Gasteiger partial charge in [0.05, 0.1) is 12.7 Å². The second-order valence-corrected chi connectivity index (χ2v) is 3.54. The Morgan fingerprint density at radius 1 is 1.50 bits per heavy atom. The third-order valence-electron chi connectivity index (χ3n) is 1.51. The summed E-state index contributed by atoms with van der Waals surface area (Å²) in [6.45, 7) is 0.341. The molecule has 0 amide bonds. The smallest absolute Gasteiger partial charge is 0.390 e. The van der Waals surface area contributed by atoms with E-state index < -0.39 is 22.6 Å². The van der Waals surface area contributed by atoms with Gasteiger partial charge in [-0.05, 0) is 6.42 Å². The van der Waals surface area contributed by atoms with E-state index in [-0.39, 0.29) is 6.61 Å². The molecule has 1 heterocycles. The van der Waals surface area contributed by atoms with Gasteiger partial charge in [-0.1, -0.05) is 0 Å². The minimum absolute atomic E-state index is 0.0268. The maximum Gasteiger partial charge on any atom is 0.397 e. The van der Waals surface area contributed by atoms with Gasteiger partial charge in [-0.3, -0.25) is 4.55 Å². The summed E-state index contributed by atoms with van der Waals surface area (Å²) in [6.07, 6.45) is -1.59. The van der Waals surface area contributed by atoms with Crippen LogP contribution in [0, 0.1) is 0 Å². The Labute approximate surface area is 70.1 Å². The Morgan fingerprint density at radius 3 is 2.67 bits per heavy atom. The summed E-state index contributed by atoms with van der Waals surface area (Å²) in [5.41, 5.74) is 0. The van der Waals surface area contributed by atoms with Crippen LogP contribution in [0.25, 0.3) is 0 Å². The molecule has 0 aliphatic carbocycles. The second-order valence-electron chi connectivity index (χ2n) is 2.49. The highest BCUT2D eigenvalue weighted by Gasteiger charge is 2.28. The van der Waals surface area contributed by atoms with Crippen molar-refractivity contribution < 1.29 is 27.0 Å². The lowest BCUT2D eigenvalue weighted by Gasteiger charge is -2.25. The van der Waals surface area contributed by atoms with Gasteiger partial charge in [0.25, 0.3) is 0 Å². The highest BCUT2D eigenvalue weighted by Crippen LogP contribution is 2.12. The fourth-order valence-electron chi connectivity index (χ4n) is 0.949. The molecule has 1 aliphatic rings. The van der Waals surface area contributed by atoms with E-state index in [1.54, 1.807) is 0 Å². The van der Waals surface area contributed by atoms with Crippen LogP contribution in [-0.4, -0.2) is 43.5 Å². The average molecular weight is 198 g/mol. The summed E-state index contributed by atoms with van der Waals surface area (Å²) in [4.78, 5) is 0. The van der Waals surface area contributed by atoms with Crippen LogP contribution in [0.15, 0.2) is 0 Å². The monoisotopic (exact) mass is 198 g/mol. The summed E-state index contributed by atoms with van der Waals surface area (Å²) >= 11 is 0. The van der Waals surface area contributed by atoms with Crippen LogP contribution in [0.1, 0.15) is 6.42 Å². The predicted octanol–water partition coefficient (Wildman–Crippen LogP) is -1.04. The van der Waals surface area contributed by atoms with Gasteiger partial charge in [-0.15, -0.1) is 0 Å². The van der Waals surface area contributed by atoms with Crippen molar-refractivity contribution in [3.8, 4) is 0 Å². The molecule has 12 heavy (non-hydrogen) atoms. The lowest BCUT2D eigenvalue weighted by atomic mass is 10.1. The maximum absolute atomic E-state index is 10.2. The number of ether oxygens (including phenoxy) is 1. The molecule has 7 heteroatoms. The fourth-order valence-corrected chi connectivity index (χ4v) is 1.44. The van der Waals surface area contributed by atoms with Gasteiger partial charge in [0.2, 0.25) is 0 Å². The SMILES string of the molecule is O=S(=O)(O)OC1COCCC1O. The van der Waals surface area contributed by atoms with Crippen LogP contribution in [0.5, 0.6) is 0 Å². The standard InChI is InChI=1S/C5H10O6S/c6-4-1-2-10-3-5(4)11-12(7,8)9/h4-6H,1-3H2,(H,7,8,9). The number of rotatable bonds is 2. The van der Waals surface area contributed by atoms with Gasteiger partial charge in [0, 0.05) is 6.61 Å². The Morgan fingerprint density at radius 2 is 2.17 bits per heavy atom. The summed E-state index contributed by atoms with van der Waals surface area (Å²) in [6, 6.07) is 0. The zero-order valence-corrected chi connectivity index (χ0v) is 7.03. The van der Waals surface area contributed by atoms with Gasteiger partial charge in [-0.25, -0.2) is 4.18 Å². The Balaban J connectivity index is 2.50. The minimum atomic E-state index is -4.50. The van der Waals surface area contributed by atoms with Crippen molar-refractivity contribution in [2.75, 3.05) is 13.2 Å². The topological polar surface area (TPSA) is 93.1 Å². The van der Waals surface area contributed by atoms with Crippen molar-refractivity contribution in [2.24, 2.45) is 0 Å². The average Bonchev–Trinajstić information content (AvgIpc) is 1.91. The van der Waals surface area contributed by atoms with E-state index in [1.807, 2.05) is 0 Å². The first-order chi connectivity index (χ1) is 5.49. The summed E-state index contributed by atoms with van der Waals surface area (Å²) < 4.78 is 37.7. The molecule has 1 fully saturated rings. The Hall–Kier alpha value is -0.210. The molecule has 0 aromatic rings. The molecular formula is C5H10O6S. The minimum Gasteiger partial charge on any atom is -0.390 e. The molecule has 0 aromatic carbocycles. The first-order valence-electron chi connectivity index (χ1n) is 3.40. The molecule has 72 valence electrons. The number of hydrogen-bond donors (Lipinski definition) is 2. The predicted molar refractivity (Wildman–Crippen MR) is 37.9 cm³/mol. The molecule has 2 N–H and O–H groups in total. The van der Waals surface area contributed by atoms with Gasteiger partial charge in [-0.2, -0.15) is 8.42 Å². The Bertz CT molecular complexity index is 234. The van der Waals surface area contributed by atoms with Crippen LogP contribution < -0.4 is 0 Å². The van der Waals surface area contributed by atoms with Crippen LogP contribution in [-0.2, 0) is 19.3 Å². The van der Waals surface area contributed by atoms with E-state index in [2.05, 4.69) is 4.18 Å². The number of aliphatic hydroxyl groups is 1. The summed E-state index contributed by atoms with van der Waals surface area (Å²) in [5, 5.41) is 9.15. The molecule has 0 spiro atoms. The van der Waals surface area contributed by atoms with E-state index >= 15 is 0 Å². The largest absolute Gasteiger partial charge is 0.397 e. The van der Waals surface area contributed by atoms with Crippen molar-refractivity contribution in [3.05, 3.63) is 0 Å². The van der Waals surface area contributed by atoms with E-state index in [0.717, 1.165) is 0 Å². The molecule has 1 saturated heterocycles. The summed E-state index contributed by atoms with van der Waals surface area (Å²) in [7, 11) is -4.50. The second kappa shape index (κ2) is 3.67. The van der Waals surface area contributed by atoms with Gasteiger partial charge in [0.15, 0.2) is 0 Å². The number of aliphatic hydroxyl groups excluding tert-OH is 1. The van der Waals surface area contributed by atoms with E-state index in [4.69, 9.17) is 14.4 Å². The zero-order valence-electron chi connectivity index (χ0n) is 6.21. The molecule has 0 bridgehead atoms. The van der Waals surface area contributed by atoms with Crippen LogP contribution >= 0.6 is 0 Å². The van der Waals surface area contributed by atoms with Crippen molar-refractivity contribution in [3.63, 3.8) is 0 Å². The lowest BCUT2D eigenvalue weighted by Crippen LogP contribution is -2.40. The first-order valence-corrected chi connectivity index (χ1v) is 4.77.